The van der Waals surface area contributed by atoms with Gasteiger partial charge in [0.25, 0.3) is 11.8 Å². The lowest BCUT2D eigenvalue weighted by Gasteiger charge is -2.25. The predicted molar refractivity (Wildman–Crippen MR) is 112 cm³/mol. The van der Waals surface area contributed by atoms with Crippen molar-refractivity contribution >= 4 is 22.7 Å². The van der Waals surface area contributed by atoms with Gasteiger partial charge in [0.05, 0.1) is 35.0 Å². The Bertz CT molecular complexity index is 1060. The molecule has 0 spiro atoms. The van der Waals surface area contributed by atoms with E-state index in [1.807, 2.05) is 61.5 Å². The molecule has 0 saturated heterocycles. The fraction of sp³-hybridized carbons (Fsp3) is 0.292. The van der Waals surface area contributed by atoms with Crippen LogP contribution in [-0.2, 0) is 17.6 Å². The number of aromatic nitrogens is 1. The topological polar surface area (TPSA) is 59.5 Å². The summed E-state index contributed by atoms with van der Waals surface area (Å²) in [5, 5.41) is 0.735. The van der Waals surface area contributed by atoms with Crippen molar-refractivity contribution in [3.8, 4) is 0 Å². The molecule has 0 fully saturated rings. The highest BCUT2D eigenvalue weighted by atomic mass is 16.5. The van der Waals surface area contributed by atoms with Crippen LogP contribution >= 0.6 is 0 Å². The van der Waals surface area contributed by atoms with Crippen LogP contribution in [0.5, 0.6) is 0 Å². The van der Waals surface area contributed by atoms with Gasteiger partial charge in [-0.1, -0.05) is 61.9 Å². The minimum absolute atomic E-state index is 0.251. The summed E-state index contributed by atoms with van der Waals surface area (Å²) < 4.78 is 5.39. The first kappa shape index (κ1) is 19.3. The quantitative estimate of drug-likeness (QED) is 0.573. The number of carbonyl (C=O) groups is 2. The normalized spacial score (nSPS) is 14.5. The van der Waals surface area contributed by atoms with E-state index in [4.69, 9.17) is 9.72 Å². The minimum Gasteiger partial charge on any atom is -0.383 e. The van der Waals surface area contributed by atoms with E-state index in [0.29, 0.717) is 29.7 Å². The Morgan fingerprint density at radius 1 is 0.966 bits per heavy atom. The van der Waals surface area contributed by atoms with E-state index in [1.165, 1.54) is 4.90 Å². The van der Waals surface area contributed by atoms with Crippen molar-refractivity contribution in [3.05, 3.63) is 77.0 Å². The second kappa shape index (κ2) is 8.13. The Hall–Kier alpha value is -3.05. The number of imide groups is 1. The van der Waals surface area contributed by atoms with Gasteiger partial charge in [-0.2, -0.15) is 0 Å². The number of hydrogen-bond acceptors (Lipinski definition) is 4. The van der Waals surface area contributed by atoms with Gasteiger partial charge in [-0.05, 0) is 24.5 Å². The summed E-state index contributed by atoms with van der Waals surface area (Å²) in [6.45, 7) is 2.33. The largest absolute Gasteiger partial charge is 0.383 e. The maximum atomic E-state index is 13.5. The smallest absolute Gasteiger partial charge is 0.263 e. The van der Waals surface area contributed by atoms with E-state index in [9.17, 15) is 9.59 Å². The average Bonchev–Trinajstić information content (AvgIpc) is 3.00. The number of amides is 2. The number of methoxy groups -OCH3 is 1. The van der Waals surface area contributed by atoms with Gasteiger partial charge in [-0.25, -0.2) is 0 Å². The molecule has 0 radical (unpaired) electrons. The number of carbonyl (C=O) groups excluding carboxylic acids is 2. The number of ether oxygens (including phenoxy) is 1. The zero-order chi connectivity index (χ0) is 20.4. The zero-order valence-corrected chi connectivity index (χ0v) is 16.7. The molecule has 1 unspecified atom stereocenters. The summed E-state index contributed by atoms with van der Waals surface area (Å²) in [4.78, 5) is 33.1. The SMILES string of the molecule is CCCc1nc2ccccc2c2c1C(=O)N(C(COC)Cc1ccccc1)C2=O. The molecule has 2 aromatic carbocycles. The van der Waals surface area contributed by atoms with Crippen LogP contribution in [0.2, 0.25) is 0 Å². The molecule has 1 atom stereocenters. The molecule has 1 aliphatic rings. The number of aryl methyl sites for hydroxylation is 1. The van der Waals surface area contributed by atoms with E-state index in [1.54, 1.807) is 7.11 Å². The fourth-order valence-electron chi connectivity index (χ4n) is 4.10. The van der Waals surface area contributed by atoms with Gasteiger partial charge in [-0.3, -0.25) is 19.5 Å². The minimum atomic E-state index is -0.372. The average molecular weight is 388 g/mol. The molecule has 1 aromatic heterocycles. The van der Waals surface area contributed by atoms with Crippen LogP contribution in [0.3, 0.4) is 0 Å². The Balaban J connectivity index is 1.81. The molecule has 5 nitrogen and oxygen atoms in total. The molecule has 3 aromatic rings. The third kappa shape index (κ3) is 3.42. The first-order valence-corrected chi connectivity index (χ1v) is 9.98. The summed E-state index contributed by atoms with van der Waals surface area (Å²) >= 11 is 0. The van der Waals surface area contributed by atoms with Crippen molar-refractivity contribution in [1.82, 2.24) is 9.88 Å². The van der Waals surface area contributed by atoms with Crippen molar-refractivity contribution in [1.29, 1.82) is 0 Å². The third-order valence-electron chi connectivity index (χ3n) is 5.36. The highest BCUT2D eigenvalue weighted by Gasteiger charge is 2.43. The van der Waals surface area contributed by atoms with Gasteiger partial charge >= 0.3 is 0 Å². The van der Waals surface area contributed by atoms with Crippen molar-refractivity contribution in [2.24, 2.45) is 0 Å². The van der Waals surface area contributed by atoms with E-state index >= 15 is 0 Å². The molecule has 5 heteroatoms. The van der Waals surface area contributed by atoms with Gasteiger partial charge < -0.3 is 4.74 Å². The maximum absolute atomic E-state index is 13.5. The predicted octanol–water partition coefficient (Wildman–Crippen LogP) is 4.04. The van der Waals surface area contributed by atoms with Gasteiger partial charge in [-0.15, -0.1) is 0 Å². The van der Waals surface area contributed by atoms with Crippen molar-refractivity contribution < 1.29 is 14.3 Å². The van der Waals surface area contributed by atoms with Crippen LogP contribution in [0.25, 0.3) is 10.9 Å². The monoisotopic (exact) mass is 388 g/mol. The molecule has 29 heavy (non-hydrogen) atoms. The highest BCUT2D eigenvalue weighted by Crippen LogP contribution is 2.33. The molecule has 2 heterocycles. The Morgan fingerprint density at radius 2 is 1.66 bits per heavy atom. The summed E-state index contributed by atoms with van der Waals surface area (Å²) in [6, 6.07) is 17.0. The van der Waals surface area contributed by atoms with E-state index in [0.717, 1.165) is 22.9 Å². The molecular weight excluding hydrogens is 364 g/mol. The number of nitrogens with zero attached hydrogens (tertiary/aromatic N) is 2. The number of rotatable bonds is 7. The maximum Gasteiger partial charge on any atom is 0.263 e. The molecule has 0 N–H and O–H groups in total. The summed E-state index contributed by atoms with van der Waals surface area (Å²) in [7, 11) is 1.59. The fourth-order valence-corrected chi connectivity index (χ4v) is 4.10. The number of hydrogen-bond donors (Lipinski definition) is 0. The van der Waals surface area contributed by atoms with Gasteiger partial charge in [0.1, 0.15) is 0 Å². The molecule has 148 valence electrons. The highest BCUT2D eigenvalue weighted by molar-refractivity contribution is 6.26. The van der Waals surface area contributed by atoms with Gasteiger partial charge in [0, 0.05) is 12.5 Å². The second-order valence-corrected chi connectivity index (χ2v) is 7.35. The third-order valence-corrected chi connectivity index (χ3v) is 5.36. The number of para-hydroxylation sites is 1. The molecular formula is C24H24N2O3. The van der Waals surface area contributed by atoms with Crippen molar-refractivity contribution in [3.63, 3.8) is 0 Å². The Kier molecular flexibility index (Phi) is 5.41. The van der Waals surface area contributed by atoms with Gasteiger partial charge in [0.15, 0.2) is 0 Å². The molecule has 0 aliphatic carbocycles. The standard InChI is InChI=1S/C24H24N2O3/c1-3-9-20-22-21(18-12-7-8-13-19(18)25-20)23(27)26(24(22)28)17(15-29-2)14-16-10-5-4-6-11-16/h4-8,10-13,17H,3,9,14-15H2,1-2H3. The summed E-state index contributed by atoms with van der Waals surface area (Å²) in [6.07, 6.45) is 2.06. The summed E-state index contributed by atoms with van der Waals surface area (Å²) in [5.41, 5.74) is 3.47. The molecule has 2 amide bonds. The molecule has 4 rings (SSSR count). The van der Waals surface area contributed by atoms with Crippen LogP contribution in [0.4, 0.5) is 0 Å². The molecule has 0 bridgehead atoms. The number of benzene rings is 2. The lowest BCUT2D eigenvalue weighted by Crippen LogP contribution is -2.44. The van der Waals surface area contributed by atoms with Crippen molar-refractivity contribution in [2.45, 2.75) is 32.2 Å². The lowest BCUT2D eigenvalue weighted by molar-refractivity contribution is 0.0472. The molecule has 1 aliphatic heterocycles. The zero-order valence-electron chi connectivity index (χ0n) is 16.7. The van der Waals surface area contributed by atoms with E-state index in [-0.39, 0.29) is 24.5 Å². The second-order valence-electron chi connectivity index (χ2n) is 7.35. The lowest BCUT2D eigenvalue weighted by atomic mass is 10.0. The van der Waals surface area contributed by atoms with Crippen LogP contribution < -0.4 is 0 Å². The van der Waals surface area contributed by atoms with Crippen LogP contribution in [0, 0.1) is 0 Å². The van der Waals surface area contributed by atoms with Crippen molar-refractivity contribution in [2.75, 3.05) is 13.7 Å². The van der Waals surface area contributed by atoms with Crippen LogP contribution in [0.1, 0.15) is 45.3 Å². The Labute approximate surface area is 170 Å². The van der Waals surface area contributed by atoms with Crippen LogP contribution in [-0.4, -0.2) is 41.5 Å². The number of fused-ring (bicyclic) bond motifs is 3. The molecule has 0 saturated carbocycles. The van der Waals surface area contributed by atoms with Crippen LogP contribution in [0.15, 0.2) is 54.6 Å². The Morgan fingerprint density at radius 3 is 2.38 bits per heavy atom. The first-order valence-electron chi connectivity index (χ1n) is 9.98. The summed E-state index contributed by atoms with van der Waals surface area (Å²) in [5.74, 6) is -0.511. The first-order chi connectivity index (χ1) is 14.2. The van der Waals surface area contributed by atoms with E-state index < -0.39 is 0 Å². The number of pyridine rings is 1. The van der Waals surface area contributed by atoms with Gasteiger partial charge in [0.2, 0.25) is 0 Å². The van der Waals surface area contributed by atoms with E-state index in [2.05, 4.69) is 0 Å².